The van der Waals surface area contributed by atoms with Crippen molar-refractivity contribution in [2.45, 2.75) is 19.8 Å². The number of fused-ring (bicyclic) bond motifs is 2. The second-order valence-electron chi connectivity index (χ2n) is 5.79. The zero-order valence-corrected chi connectivity index (χ0v) is 12.3. The summed E-state index contributed by atoms with van der Waals surface area (Å²) < 4.78 is 0. The topological polar surface area (TPSA) is 0 Å². The maximum Gasteiger partial charge on any atom is -0.00732 e. The van der Waals surface area contributed by atoms with E-state index in [2.05, 4.69) is 73.7 Å². The Kier molecular flexibility index (Phi) is 2.89. The fraction of sp³-hybridized carbons (Fsp3) is 0.143. The summed E-state index contributed by atoms with van der Waals surface area (Å²) in [5.74, 6) is 0. The number of aryl methyl sites for hydroxylation is 2. The monoisotopic (exact) mass is 270 g/mol. The first-order chi connectivity index (χ1) is 10.3. The molecule has 3 aromatic rings. The average molecular weight is 270 g/mol. The highest BCUT2D eigenvalue weighted by Crippen LogP contribution is 2.37. The third-order valence-corrected chi connectivity index (χ3v) is 4.48. The first kappa shape index (κ1) is 12.4. The molecule has 0 spiro atoms. The van der Waals surface area contributed by atoms with Crippen molar-refractivity contribution >= 4 is 16.3 Å². The molecule has 0 amide bonds. The van der Waals surface area contributed by atoms with E-state index >= 15 is 0 Å². The predicted octanol–water partition coefficient (Wildman–Crippen LogP) is 5.53. The smallest absolute Gasteiger partial charge is 0.00732 e. The third kappa shape index (κ3) is 1.99. The van der Waals surface area contributed by atoms with Gasteiger partial charge >= 0.3 is 0 Å². The van der Waals surface area contributed by atoms with Crippen molar-refractivity contribution in [3.63, 3.8) is 0 Å². The molecule has 0 N–H and O–H groups in total. The second-order valence-corrected chi connectivity index (χ2v) is 5.79. The Bertz CT molecular complexity index is 853. The quantitative estimate of drug-likeness (QED) is 0.545. The fourth-order valence-electron chi connectivity index (χ4n) is 3.46. The van der Waals surface area contributed by atoms with Crippen LogP contribution >= 0.6 is 0 Å². The summed E-state index contributed by atoms with van der Waals surface area (Å²) in [6.07, 6.45) is 4.70. The maximum atomic E-state index is 2.41. The molecule has 0 nitrogen and oxygen atoms in total. The van der Waals surface area contributed by atoms with Gasteiger partial charge in [0.05, 0.1) is 0 Å². The molecule has 0 saturated heterocycles. The molecule has 0 aromatic heterocycles. The van der Waals surface area contributed by atoms with Gasteiger partial charge in [0, 0.05) is 0 Å². The summed E-state index contributed by atoms with van der Waals surface area (Å²) >= 11 is 0. The highest BCUT2D eigenvalue weighted by atomic mass is 14.2. The van der Waals surface area contributed by atoms with Crippen LogP contribution in [-0.4, -0.2) is 0 Å². The van der Waals surface area contributed by atoms with E-state index in [9.17, 15) is 0 Å². The second kappa shape index (κ2) is 4.89. The summed E-state index contributed by atoms with van der Waals surface area (Å²) in [5, 5.41) is 2.68. The molecule has 4 rings (SSSR count). The lowest BCUT2D eigenvalue weighted by molar-refractivity contribution is 0.977. The van der Waals surface area contributed by atoms with Crippen LogP contribution in [0.25, 0.3) is 16.3 Å². The number of rotatable bonds is 1. The van der Waals surface area contributed by atoms with Crippen LogP contribution in [0.15, 0.2) is 66.7 Å². The Labute approximate surface area is 125 Å². The number of allylic oxidation sites excluding steroid dienone is 1. The van der Waals surface area contributed by atoms with Crippen LogP contribution in [0.3, 0.4) is 0 Å². The summed E-state index contributed by atoms with van der Waals surface area (Å²) in [6.45, 7) is 2.22. The largest absolute Gasteiger partial charge is 0.0757 e. The molecular weight excluding hydrogens is 252 g/mol. The molecule has 0 radical (unpaired) electrons. The van der Waals surface area contributed by atoms with Gasteiger partial charge in [0.15, 0.2) is 0 Å². The van der Waals surface area contributed by atoms with E-state index < -0.39 is 0 Å². The van der Waals surface area contributed by atoms with Crippen LogP contribution in [-0.2, 0) is 6.42 Å². The summed E-state index contributed by atoms with van der Waals surface area (Å²) in [6, 6.07) is 22.0. The van der Waals surface area contributed by atoms with Gasteiger partial charge in [-0.1, -0.05) is 66.7 Å². The molecule has 0 unspecified atom stereocenters. The molecule has 1 aliphatic rings. The maximum absolute atomic E-state index is 2.41. The van der Waals surface area contributed by atoms with E-state index in [1.165, 1.54) is 38.6 Å². The van der Waals surface area contributed by atoms with E-state index in [-0.39, 0.29) is 0 Å². The molecule has 3 aromatic carbocycles. The first-order valence-electron chi connectivity index (χ1n) is 7.62. The molecule has 102 valence electrons. The van der Waals surface area contributed by atoms with Crippen molar-refractivity contribution in [1.82, 2.24) is 0 Å². The van der Waals surface area contributed by atoms with Crippen LogP contribution in [0.4, 0.5) is 0 Å². The average Bonchev–Trinajstić information content (AvgIpc) is 2.54. The van der Waals surface area contributed by atoms with Crippen LogP contribution in [0.5, 0.6) is 0 Å². The molecule has 0 fully saturated rings. The van der Waals surface area contributed by atoms with E-state index in [0.717, 1.165) is 12.8 Å². The van der Waals surface area contributed by atoms with Gasteiger partial charge in [-0.3, -0.25) is 0 Å². The standard InChI is InChI=1S/C21H18/c1-15-13-14-17-8-3-5-11-19(17)21(15)20-12-6-9-16-7-2-4-10-18(16)20/h2-5,7-8,10-14H,6,9H2,1H3. The van der Waals surface area contributed by atoms with Gasteiger partial charge in [-0.25, -0.2) is 0 Å². The fourth-order valence-corrected chi connectivity index (χ4v) is 3.46. The molecular formula is C21H18. The van der Waals surface area contributed by atoms with Gasteiger partial charge in [-0.2, -0.15) is 0 Å². The van der Waals surface area contributed by atoms with Gasteiger partial charge < -0.3 is 0 Å². The van der Waals surface area contributed by atoms with Crippen LogP contribution in [0.1, 0.15) is 28.7 Å². The van der Waals surface area contributed by atoms with Crippen LogP contribution in [0.2, 0.25) is 0 Å². The lowest BCUT2D eigenvalue weighted by atomic mass is 9.83. The molecule has 0 heteroatoms. The van der Waals surface area contributed by atoms with Gasteiger partial charge in [-0.15, -0.1) is 0 Å². The molecule has 0 bridgehead atoms. The van der Waals surface area contributed by atoms with E-state index in [0.29, 0.717) is 0 Å². The summed E-state index contributed by atoms with van der Waals surface area (Å²) in [5.41, 5.74) is 7.05. The molecule has 21 heavy (non-hydrogen) atoms. The predicted molar refractivity (Wildman–Crippen MR) is 90.5 cm³/mol. The van der Waals surface area contributed by atoms with Gasteiger partial charge in [-0.05, 0) is 58.4 Å². The minimum absolute atomic E-state index is 1.13. The number of benzene rings is 3. The number of hydrogen-bond donors (Lipinski definition) is 0. The third-order valence-electron chi connectivity index (χ3n) is 4.48. The highest BCUT2D eigenvalue weighted by molar-refractivity contribution is 5.99. The minimum atomic E-state index is 1.13. The Hall–Kier alpha value is -2.34. The van der Waals surface area contributed by atoms with Crippen molar-refractivity contribution in [3.05, 3.63) is 89.0 Å². The molecule has 0 heterocycles. The van der Waals surface area contributed by atoms with Crippen molar-refractivity contribution in [2.24, 2.45) is 0 Å². The Morgan fingerprint density at radius 3 is 2.57 bits per heavy atom. The van der Waals surface area contributed by atoms with Crippen LogP contribution < -0.4 is 0 Å². The molecule has 0 atom stereocenters. The van der Waals surface area contributed by atoms with Crippen LogP contribution in [0, 0.1) is 6.92 Å². The lowest BCUT2D eigenvalue weighted by Gasteiger charge is -2.21. The van der Waals surface area contributed by atoms with Gasteiger partial charge in [0.25, 0.3) is 0 Å². The normalized spacial score (nSPS) is 13.9. The van der Waals surface area contributed by atoms with E-state index in [1.807, 2.05) is 0 Å². The first-order valence-corrected chi connectivity index (χ1v) is 7.62. The van der Waals surface area contributed by atoms with Crippen molar-refractivity contribution in [2.75, 3.05) is 0 Å². The van der Waals surface area contributed by atoms with Crippen molar-refractivity contribution < 1.29 is 0 Å². The van der Waals surface area contributed by atoms with E-state index in [4.69, 9.17) is 0 Å². The summed E-state index contributed by atoms with van der Waals surface area (Å²) in [4.78, 5) is 0. The Balaban J connectivity index is 2.03. The van der Waals surface area contributed by atoms with Gasteiger partial charge in [0.2, 0.25) is 0 Å². The Morgan fingerprint density at radius 1 is 0.810 bits per heavy atom. The molecule has 0 saturated carbocycles. The highest BCUT2D eigenvalue weighted by Gasteiger charge is 2.17. The van der Waals surface area contributed by atoms with Crippen molar-refractivity contribution in [3.8, 4) is 0 Å². The zero-order chi connectivity index (χ0) is 14.2. The Morgan fingerprint density at radius 2 is 1.62 bits per heavy atom. The lowest BCUT2D eigenvalue weighted by Crippen LogP contribution is -2.02. The SMILES string of the molecule is Cc1ccc2ccccc2c1C1=CCCc2ccccc21. The summed E-state index contributed by atoms with van der Waals surface area (Å²) in [7, 11) is 0. The molecule has 0 aliphatic heterocycles. The molecule has 1 aliphatic carbocycles. The number of hydrogen-bond acceptors (Lipinski definition) is 0. The van der Waals surface area contributed by atoms with E-state index in [1.54, 1.807) is 0 Å². The van der Waals surface area contributed by atoms with Crippen molar-refractivity contribution in [1.29, 1.82) is 0 Å². The van der Waals surface area contributed by atoms with Gasteiger partial charge in [0.1, 0.15) is 0 Å². The minimum Gasteiger partial charge on any atom is -0.0757 e. The zero-order valence-electron chi connectivity index (χ0n) is 12.3.